The Bertz CT molecular complexity index is 868. The van der Waals surface area contributed by atoms with Crippen molar-refractivity contribution in [1.82, 2.24) is 0 Å². The van der Waals surface area contributed by atoms with Crippen LogP contribution in [0, 0.1) is 5.82 Å². The molecule has 0 aliphatic heterocycles. The minimum Gasteiger partial charge on any atom is -0.324 e. The fourth-order valence-electron chi connectivity index (χ4n) is 2.60. The van der Waals surface area contributed by atoms with Gasteiger partial charge in [0.1, 0.15) is 11.9 Å². The van der Waals surface area contributed by atoms with E-state index in [0.717, 1.165) is 22.2 Å². The van der Waals surface area contributed by atoms with Crippen LogP contribution in [0.15, 0.2) is 48.5 Å². The van der Waals surface area contributed by atoms with E-state index >= 15 is 0 Å². The summed E-state index contributed by atoms with van der Waals surface area (Å²) >= 11 is 0. The lowest BCUT2D eigenvalue weighted by atomic mass is 10.1. The topological polar surface area (TPSA) is 66.5 Å². The molecule has 25 heavy (non-hydrogen) atoms. The number of carbonyl (C=O) groups excluding carboxylic acids is 1. The van der Waals surface area contributed by atoms with Gasteiger partial charge in [-0.25, -0.2) is 12.8 Å². The molecule has 0 aromatic heterocycles. The number of nitrogens with one attached hydrogen (secondary N) is 1. The number of hydrogen-bond donors (Lipinski definition) is 1. The molecular formula is C18H21FN2O3S. The van der Waals surface area contributed by atoms with Crippen LogP contribution in [0.3, 0.4) is 0 Å². The fourth-order valence-corrected chi connectivity index (χ4v) is 3.77. The maximum atomic E-state index is 14.1. The molecule has 1 atom stereocenters. The van der Waals surface area contributed by atoms with Gasteiger partial charge in [-0.3, -0.25) is 9.10 Å². The predicted octanol–water partition coefficient (Wildman–Crippen LogP) is 3.18. The number of benzene rings is 2. The second kappa shape index (κ2) is 7.65. The van der Waals surface area contributed by atoms with Crippen molar-refractivity contribution >= 4 is 27.3 Å². The van der Waals surface area contributed by atoms with Gasteiger partial charge in [0.15, 0.2) is 0 Å². The Morgan fingerprint density at radius 3 is 2.36 bits per heavy atom. The summed E-state index contributed by atoms with van der Waals surface area (Å²) < 4.78 is 39.3. The molecule has 0 aliphatic rings. The van der Waals surface area contributed by atoms with Crippen molar-refractivity contribution in [2.75, 3.05) is 15.9 Å². The third kappa shape index (κ3) is 4.36. The third-order valence-corrected chi connectivity index (χ3v) is 5.06. The fraction of sp³-hybridized carbons (Fsp3) is 0.278. The largest absolute Gasteiger partial charge is 0.324 e. The Morgan fingerprint density at radius 2 is 1.76 bits per heavy atom. The van der Waals surface area contributed by atoms with Gasteiger partial charge in [0.25, 0.3) is 0 Å². The number of aryl methyl sites for hydroxylation is 1. The van der Waals surface area contributed by atoms with E-state index in [2.05, 4.69) is 5.32 Å². The maximum absolute atomic E-state index is 14.1. The van der Waals surface area contributed by atoms with Gasteiger partial charge >= 0.3 is 0 Å². The number of anilines is 2. The molecule has 2 rings (SSSR count). The van der Waals surface area contributed by atoms with Crippen LogP contribution in [0.2, 0.25) is 0 Å². The van der Waals surface area contributed by atoms with E-state index in [-0.39, 0.29) is 5.69 Å². The summed E-state index contributed by atoms with van der Waals surface area (Å²) in [4.78, 5) is 12.6. The average Bonchev–Trinajstić information content (AvgIpc) is 2.56. The Morgan fingerprint density at radius 1 is 1.16 bits per heavy atom. The van der Waals surface area contributed by atoms with Gasteiger partial charge in [-0.1, -0.05) is 37.3 Å². The van der Waals surface area contributed by atoms with E-state index in [0.29, 0.717) is 12.1 Å². The summed E-state index contributed by atoms with van der Waals surface area (Å²) in [6.07, 6.45) is 1.66. The van der Waals surface area contributed by atoms with E-state index < -0.39 is 27.8 Å². The first-order valence-electron chi connectivity index (χ1n) is 7.88. The lowest BCUT2D eigenvalue weighted by Crippen LogP contribution is -2.45. The van der Waals surface area contributed by atoms with Crippen molar-refractivity contribution in [2.24, 2.45) is 0 Å². The zero-order chi connectivity index (χ0) is 18.6. The van der Waals surface area contributed by atoms with E-state index in [1.807, 2.05) is 19.1 Å². The molecule has 0 heterocycles. The molecule has 7 heteroatoms. The molecule has 2 aromatic carbocycles. The summed E-state index contributed by atoms with van der Waals surface area (Å²) in [5.74, 6) is -1.24. The molecule has 0 aliphatic carbocycles. The highest BCUT2D eigenvalue weighted by atomic mass is 32.2. The van der Waals surface area contributed by atoms with Crippen molar-refractivity contribution in [3.05, 3.63) is 59.9 Å². The quantitative estimate of drug-likeness (QED) is 0.856. The zero-order valence-corrected chi connectivity index (χ0v) is 15.2. The number of halogens is 1. The maximum Gasteiger partial charge on any atom is 0.248 e. The lowest BCUT2D eigenvalue weighted by Gasteiger charge is -2.28. The number of nitrogens with zero attached hydrogens (tertiary/aromatic N) is 1. The Hall–Kier alpha value is -2.41. The summed E-state index contributed by atoms with van der Waals surface area (Å²) in [7, 11) is -3.86. The summed E-state index contributed by atoms with van der Waals surface area (Å²) in [6, 6.07) is 11.6. The van der Waals surface area contributed by atoms with Gasteiger partial charge in [0, 0.05) is 5.69 Å². The molecule has 0 fully saturated rings. The Labute approximate surface area is 147 Å². The van der Waals surface area contributed by atoms with Gasteiger partial charge in [-0.15, -0.1) is 0 Å². The summed E-state index contributed by atoms with van der Waals surface area (Å²) in [5.41, 5.74) is 1.39. The molecule has 0 saturated carbocycles. The van der Waals surface area contributed by atoms with Crippen LogP contribution in [0.5, 0.6) is 0 Å². The monoisotopic (exact) mass is 364 g/mol. The first-order valence-corrected chi connectivity index (χ1v) is 9.73. The molecular weight excluding hydrogens is 343 g/mol. The van der Waals surface area contributed by atoms with Gasteiger partial charge in [0.05, 0.1) is 11.9 Å². The van der Waals surface area contributed by atoms with E-state index in [9.17, 15) is 17.6 Å². The molecule has 1 amide bonds. The normalized spacial score (nSPS) is 12.5. The number of hydrogen-bond acceptors (Lipinski definition) is 3. The Balaban J connectivity index is 2.36. The molecule has 1 N–H and O–H groups in total. The van der Waals surface area contributed by atoms with Gasteiger partial charge in [0.2, 0.25) is 15.9 Å². The molecule has 0 spiro atoms. The molecule has 1 unspecified atom stereocenters. The third-order valence-electron chi connectivity index (χ3n) is 3.83. The average molecular weight is 364 g/mol. The van der Waals surface area contributed by atoms with Crippen LogP contribution in [0.1, 0.15) is 19.4 Å². The number of para-hydroxylation sites is 2. The first kappa shape index (κ1) is 18.9. The molecule has 5 nitrogen and oxygen atoms in total. The molecule has 0 radical (unpaired) electrons. The van der Waals surface area contributed by atoms with Crippen LogP contribution in [-0.4, -0.2) is 26.6 Å². The van der Waals surface area contributed by atoms with Crippen LogP contribution < -0.4 is 9.62 Å². The number of sulfonamides is 1. The zero-order valence-electron chi connectivity index (χ0n) is 14.4. The SMILES string of the molecule is CCc1ccccc1NC(=O)C(C)N(c1ccccc1F)S(C)(=O)=O. The number of rotatable bonds is 6. The van der Waals surface area contributed by atoms with E-state index in [1.165, 1.54) is 25.1 Å². The van der Waals surface area contributed by atoms with Crippen LogP contribution >= 0.6 is 0 Å². The lowest BCUT2D eigenvalue weighted by molar-refractivity contribution is -0.116. The van der Waals surface area contributed by atoms with E-state index in [1.54, 1.807) is 12.1 Å². The molecule has 0 bridgehead atoms. The van der Waals surface area contributed by atoms with Crippen molar-refractivity contribution in [2.45, 2.75) is 26.3 Å². The van der Waals surface area contributed by atoms with Crippen LogP contribution in [0.25, 0.3) is 0 Å². The first-order chi connectivity index (χ1) is 11.8. The smallest absolute Gasteiger partial charge is 0.248 e. The van der Waals surface area contributed by atoms with Crippen molar-refractivity contribution < 1.29 is 17.6 Å². The van der Waals surface area contributed by atoms with E-state index in [4.69, 9.17) is 0 Å². The highest BCUT2D eigenvalue weighted by Gasteiger charge is 2.31. The van der Waals surface area contributed by atoms with Crippen molar-refractivity contribution in [1.29, 1.82) is 0 Å². The Kier molecular flexibility index (Phi) is 5.79. The minimum absolute atomic E-state index is 0.156. The number of carbonyl (C=O) groups is 1. The minimum atomic E-state index is -3.86. The highest BCUT2D eigenvalue weighted by molar-refractivity contribution is 7.92. The summed E-state index contributed by atoms with van der Waals surface area (Å²) in [5, 5.41) is 2.74. The summed E-state index contributed by atoms with van der Waals surface area (Å²) in [6.45, 7) is 3.38. The second-order valence-electron chi connectivity index (χ2n) is 5.69. The standard InChI is InChI=1S/C18H21FN2O3S/c1-4-14-9-5-7-11-16(14)20-18(22)13(2)21(25(3,23)24)17-12-8-6-10-15(17)19/h5-13H,4H2,1-3H3,(H,20,22). The van der Waals surface area contributed by atoms with Gasteiger partial charge in [-0.05, 0) is 37.1 Å². The van der Waals surface area contributed by atoms with Gasteiger partial charge < -0.3 is 5.32 Å². The molecule has 0 saturated heterocycles. The number of amides is 1. The van der Waals surface area contributed by atoms with Crippen LogP contribution in [0.4, 0.5) is 15.8 Å². The van der Waals surface area contributed by atoms with Crippen LogP contribution in [-0.2, 0) is 21.2 Å². The van der Waals surface area contributed by atoms with Crippen molar-refractivity contribution in [3.63, 3.8) is 0 Å². The molecule has 2 aromatic rings. The second-order valence-corrected chi connectivity index (χ2v) is 7.55. The highest BCUT2D eigenvalue weighted by Crippen LogP contribution is 2.25. The predicted molar refractivity (Wildman–Crippen MR) is 97.6 cm³/mol. The van der Waals surface area contributed by atoms with Gasteiger partial charge in [-0.2, -0.15) is 0 Å². The molecule has 134 valence electrons. The van der Waals surface area contributed by atoms with Crippen molar-refractivity contribution in [3.8, 4) is 0 Å².